The van der Waals surface area contributed by atoms with Crippen LogP contribution in [-0.4, -0.2) is 48.4 Å². The first-order valence-electron chi connectivity index (χ1n) is 5.79. The van der Waals surface area contributed by atoms with Crippen LogP contribution in [0, 0.1) is 17.0 Å². The normalized spacial score (nSPS) is 12.8. The van der Waals surface area contributed by atoms with Crippen LogP contribution < -0.4 is 10.6 Å². The van der Waals surface area contributed by atoms with Crippen molar-refractivity contribution >= 4 is 27.3 Å². The predicted molar refractivity (Wildman–Crippen MR) is 75.8 cm³/mol. The average Bonchev–Trinajstić information content (AvgIpc) is 2.24. The smallest absolute Gasteiger partial charge is 0.332 e. The number of hydrogen-bond acceptors (Lipinski definition) is 8. The van der Waals surface area contributed by atoms with Crippen molar-refractivity contribution in [2.45, 2.75) is 19.9 Å². The fourth-order valence-electron chi connectivity index (χ4n) is 1.73. The highest BCUT2D eigenvalue weighted by Crippen LogP contribution is 2.27. The Kier molecular flexibility index (Phi) is 4.82. The largest absolute Gasteiger partial charge is 0.361 e. The summed E-state index contributed by atoms with van der Waals surface area (Å²) in [6.45, 7) is 3.11. The van der Waals surface area contributed by atoms with Crippen molar-refractivity contribution in [1.82, 2.24) is 9.97 Å². The molecule has 0 amide bonds. The molecule has 0 aromatic carbocycles. The summed E-state index contributed by atoms with van der Waals surface area (Å²) in [6, 6.07) is -0.511. The third kappa shape index (κ3) is 4.30. The zero-order chi connectivity index (χ0) is 15.5. The molecule has 1 aromatic rings. The van der Waals surface area contributed by atoms with Gasteiger partial charge in [-0.25, -0.2) is 13.4 Å². The van der Waals surface area contributed by atoms with Crippen LogP contribution in [0.25, 0.3) is 0 Å². The summed E-state index contributed by atoms with van der Waals surface area (Å²) in [5.41, 5.74) is -0.0623. The van der Waals surface area contributed by atoms with Crippen molar-refractivity contribution in [1.29, 1.82) is 0 Å². The Morgan fingerprint density at radius 3 is 2.45 bits per heavy atom. The van der Waals surface area contributed by atoms with Crippen LogP contribution in [0.15, 0.2) is 0 Å². The monoisotopic (exact) mass is 303 g/mol. The second-order valence-electron chi connectivity index (χ2n) is 4.47. The van der Waals surface area contributed by atoms with E-state index in [-0.39, 0.29) is 28.9 Å². The van der Waals surface area contributed by atoms with E-state index in [1.165, 1.54) is 6.92 Å². The number of hydrogen-bond donors (Lipinski definition) is 2. The van der Waals surface area contributed by atoms with E-state index >= 15 is 0 Å². The zero-order valence-corrected chi connectivity index (χ0v) is 12.5. The summed E-state index contributed by atoms with van der Waals surface area (Å²) < 4.78 is 22.4. The Bertz CT molecular complexity index is 616. The number of aromatic nitrogens is 2. The van der Waals surface area contributed by atoms with E-state index in [0.29, 0.717) is 0 Å². The molecule has 1 rings (SSSR count). The van der Waals surface area contributed by atoms with Crippen LogP contribution in [0.4, 0.5) is 17.5 Å². The highest BCUT2D eigenvalue weighted by Gasteiger charge is 2.23. The molecule has 1 unspecified atom stereocenters. The number of sulfone groups is 1. The van der Waals surface area contributed by atoms with E-state index in [2.05, 4.69) is 20.6 Å². The molecule has 112 valence electrons. The lowest BCUT2D eigenvalue weighted by Crippen LogP contribution is -2.26. The summed E-state index contributed by atoms with van der Waals surface area (Å²) in [6.07, 6.45) is 1.10. The van der Waals surface area contributed by atoms with Crippen molar-refractivity contribution < 1.29 is 13.3 Å². The summed E-state index contributed by atoms with van der Waals surface area (Å²) in [4.78, 5) is 18.4. The lowest BCUT2D eigenvalue weighted by Gasteiger charge is -2.14. The third-order valence-electron chi connectivity index (χ3n) is 2.40. The van der Waals surface area contributed by atoms with Gasteiger partial charge in [0.15, 0.2) is 0 Å². The van der Waals surface area contributed by atoms with E-state index in [1.54, 1.807) is 14.0 Å². The number of nitrogens with one attached hydrogen (secondary N) is 2. The lowest BCUT2D eigenvalue weighted by atomic mass is 10.3. The summed E-state index contributed by atoms with van der Waals surface area (Å²) in [5.74, 6) is 0.0763. The second-order valence-corrected chi connectivity index (χ2v) is 6.66. The quantitative estimate of drug-likeness (QED) is 0.577. The Labute approximate surface area is 116 Å². The highest BCUT2D eigenvalue weighted by molar-refractivity contribution is 7.90. The fraction of sp³-hybridized carbons (Fsp3) is 0.600. The van der Waals surface area contributed by atoms with Gasteiger partial charge >= 0.3 is 5.69 Å². The molecule has 0 radical (unpaired) electrons. The van der Waals surface area contributed by atoms with Crippen molar-refractivity contribution in [3.05, 3.63) is 15.8 Å². The Balaban J connectivity index is 3.15. The van der Waals surface area contributed by atoms with Crippen LogP contribution in [0.3, 0.4) is 0 Å². The summed E-state index contributed by atoms with van der Waals surface area (Å²) in [7, 11) is -1.61. The predicted octanol–water partition coefficient (Wildman–Crippen LogP) is 0.580. The lowest BCUT2D eigenvalue weighted by molar-refractivity contribution is -0.385. The maximum absolute atomic E-state index is 11.2. The summed E-state index contributed by atoms with van der Waals surface area (Å²) >= 11 is 0. The molecular formula is C10H17N5O4S. The minimum atomic E-state index is -3.19. The third-order valence-corrected chi connectivity index (χ3v) is 3.51. The van der Waals surface area contributed by atoms with Gasteiger partial charge in [0.2, 0.25) is 11.8 Å². The standard InChI is InChI=1S/C10H17N5O4S/c1-6(5-20(4,18)19)12-9-8(15(16)17)7(2)13-10(11-3)14-9/h6H,5H2,1-4H3,(H2,11,12,13,14). The van der Waals surface area contributed by atoms with Gasteiger partial charge in [-0.15, -0.1) is 0 Å². The number of rotatable bonds is 6. The Hall–Kier alpha value is -1.97. The van der Waals surface area contributed by atoms with Crippen molar-refractivity contribution in [2.24, 2.45) is 0 Å². The molecule has 0 saturated heterocycles. The van der Waals surface area contributed by atoms with Gasteiger partial charge in [-0.1, -0.05) is 0 Å². The van der Waals surface area contributed by atoms with Gasteiger partial charge in [-0.2, -0.15) is 4.98 Å². The highest BCUT2D eigenvalue weighted by atomic mass is 32.2. The maximum Gasteiger partial charge on any atom is 0.332 e. The Morgan fingerprint density at radius 1 is 1.40 bits per heavy atom. The van der Waals surface area contributed by atoms with Gasteiger partial charge in [0.1, 0.15) is 15.5 Å². The van der Waals surface area contributed by atoms with Gasteiger partial charge in [0, 0.05) is 19.3 Å². The zero-order valence-electron chi connectivity index (χ0n) is 11.7. The molecule has 2 N–H and O–H groups in total. The number of aryl methyl sites for hydroxylation is 1. The Morgan fingerprint density at radius 2 is 2.00 bits per heavy atom. The van der Waals surface area contributed by atoms with Gasteiger partial charge in [-0.3, -0.25) is 10.1 Å². The molecule has 0 bridgehead atoms. The molecular weight excluding hydrogens is 286 g/mol. The van der Waals surface area contributed by atoms with Gasteiger partial charge < -0.3 is 10.6 Å². The summed E-state index contributed by atoms with van der Waals surface area (Å²) in [5, 5.41) is 16.5. The second kappa shape index (κ2) is 5.99. The van der Waals surface area contributed by atoms with Gasteiger partial charge in [-0.05, 0) is 13.8 Å². The molecule has 0 fully saturated rings. The van der Waals surface area contributed by atoms with Crippen LogP contribution in [0.1, 0.15) is 12.6 Å². The number of nitro groups is 1. The van der Waals surface area contributed by atoms with E-state index < -0.39 is 20.8 Å². The molecule has 0 aliphatic carbocycles. The molecule has 1 heterocycles. The molecule has 9 nitrogen and oxygen atoms in total. The minimum absolute atomic E-state index is 0.00278. The van der Waals surface area contributed by atoms with Crippen LogP contribution in [0.5, 0.6) is 0 Å². The first kappa shape index (κ1) is 16.1. The minimum Gasteiger partial charge on any atom is -0.361 e. The molecule has 0 aliphatic heterocycles. The van der Waals surface area contributed by atoms with E-state index in [4.69, 9.17) is 0 Å². The van der Waals surface area contributed by atoms with Crippen molar-refractivity contribution in [3.63, 3.8) is 0 Å². The van der Waals surface area contributed by atoms with E-state index in [9.17, 15) is 18.5 Å². The SMILES string of the molecule is CNc1nc(C)c([N+](=O)[O-])c(NC(C)CS(C)(=O)=O)n1. The average molecular weight is 303 g/mol. The van der Waals surface area contributed by atoms with Gasteiger partial charge in [0.25, 0.3) is 0 Å². The number of anilines is 2. The van der Waals surface area contributed by atoms with Crippen LogP contribution >= 0.6 is 0 Å². The van der Waals surface area contributed by atoms with Crippen LogP contribution in [-0.2, 0) is 9.84 Å². The molecule has 1 atom stereocenters. The van der Waals surface area contributed by atoms with Gasteiger partial charge in [0.05, 0.1) is 10.7 Å². The molecule has 0 saturated carbocycles. The van der Waals surface area contributed by atoms with E-state index in [0.717, 1.165) is 6.26 Å². The van der Waals surface area contributed by atoms with Crippen LogP contribution in [0.2, 0.25) is 0 Å². The molecule has 0 spiro atoms. The van der Waals surface area contributed by atoms with Crippen molar-refractivity contribution in [3.8, 4) is 0 Å². The topological polar surface area (TPSA) is 127 Å². The molecule has 10 heteroatoms. The fourth-order valence-corrected chi connectivity index (χ4v) is 2.72. The first-order chi connectivity index (χ1) is 9.14. The van der Waals surface area contributed by atoms with Crippen molar-refractivity contribution in [2.75, 3.05) is 29.7 Å². The first-order valence-corrected chi connectivity index (χ1v) is 7.85. The molecule has 1 aromatic heterocycles. The number of nitrogens with zero attached hydrogens (tertiary/aromatic N) is 3. The molecule has 0 aliphatic rings. The molecule has 20 heavy (non-hydrogen) atoms. The maximum atomic E-state index is 11.2. The van der Waals surface area contributed by atoms with E-state index in [1.807, 2.05) is 0 Å².